The molecule has 0 unspecified atom stereocenters. The highest BCUT2D eigenvalue weighted by Gasteiger charge is 2.37. The van der Waals surface area contributed by atoms with Crippen LogP contribution >= 0.6 is 0 Å². The Hall–Kier alpha value is -3.36. The lowest BCUT2D eigenvalue weighted by atomic mass is 9.75. The third-order valence-corrected chi connectivity index (χ3v) is 5.73. The summed E-state index contributed by atoms with van der Waals surface area (Å²) >= 11 is 0. The summed E-state index contributed by atoms with van der Waals surface area (Å²) in [6.45, 7) is 6.55. The van der Waals surface area contributed by atoms with Crippen LogP contribution in [0, 0.1) is 5.82 Å². The van der Waals surface area contributed by atoms with Gasteiger partial charge in [-0.05, 0) is 38.0 Å². The zero-order valence-electron chi connectivity index (χ0n) is 16.5. The SMILES string of the molecule is CCn1ncc2c(F)cc(-c3ccc(C(CC)(CC)c4nn[nH]n4)c(=O)[nH]3)cc21. The van der Waals surface area contributed by atoms with Gasteiger partial charge < -0.3 is 4.98 Å². The molecule has 2 N–H and O–H groups in total. The predicted octanol–water partition coefficient (Wildman–Crippen LogP) is 3.17. The maximum absolute atomic E-state index is 14.6. The number of nitrogens with one attached hydrogen (secondary N) is 2. The Balaban J connectivity index is 1.84. The average Bonchev–Trinajstić information content (AvgIpc) is 3.40. The highest BCUT2D eigenvalue weighted by Crippen LogP contribution is 2.35. The normalized spacial score (nSPS) is 12.0. The van der Waals surface area contributed by atoms with Crippen LogP contribution in [-0.2, 0) is 12.0 Å². The molecule has 29 heavy (non-hydrogen) atoms. The number of H-pyrrole nitrogens is 2. The monoisotopic (exact) mass is 395 g/mol. The molecule has 0 radical (unpaired) electrons. The standard InChI is InChI=1S/C20H22FN7O/c1-4-20(5-2,19-24-26-27-25-19)14-7-8-16(23-18(14)29)12-9-15(21)13-11-22-28(6-3)17(13)10-12/h7-11H,4-6H2,1-3H3,(H,23,29)(H,24,25,26,27). The van der Waals surface area contributed by atoms with Crippen molar-refractivity contribution in [1.82, 2.24) is 35.4 Å². The molecule has 9 heteroatoms. The van der Waals surface area contributed by atoms with Crippen LogP contribution in [0.5, 0.6) is 0 Å². The van der Waals surface area contributed by atoms with Gasteiger partial charge in [0.1, 0.15) is 5.82 Å². The molecule has 0 atom stereocenters. The van der Waals surface area contributed by atoms with Gasteiger partial charge in [0.05, 0.1) is 22.5 Å². The minimum atomic E-state index is -0.644. The molecule has 0 fully saturated rings. The van der Waals surface area contributed by atoms with E-state index < -0.39 is 5.41 Å². The van der Waals surface area contributed by atoms with Crippen LogP contribution in [0.1, 0.15) is 45.0 Å². The fourth-order valence-corrected chi connectivity index (χ4v) is 3.99. The first-order valence-corrected chi connectivity index (χ1v) is 9.67. The first-order valence-electron chi connectivity index (χ1n) is 9.67. The molecule has 3 heterocycles. The van der Waals surface area contributed by atoms with Crippen molar-refractivity contribution in [3.05, 3.63) is 58.0 Å². The van der Waals surface area contributed by atoms with Crippen LogP contribution in [0.4, 0.5) is 4.39 Å². The topological polar surface area (TPSA) is 105 Å². The highest BCUT2D eigenvalue weighted by molar-refractivity contribution is 5.84. The van der Waals surface area contributed by atoms with Crippen molar-refractivity contribution < 1.29 is 4.39 Å². The summed E-state index contributed by atoms with van der Waals surface area (Å²) in [5.74, 6) is 0.116. The number of pyridine rings is 1. The molecule has 0 saturated carbocycles. The second-order valence-corrected chi connectivity index (χ2v) is 6.99. The van der Waals surface area contributed by atoms with Gasteiger partial charge in [0.15, 0.2) is 5.82 Å². The molecule has 1 aromatic carbocycles. The van der Waals surface area contributed by atoms with Crippen molar-refractivity contribution in [3.8, 4) is 11.3 Å². The van der Waals surface area contributed by atoms with E-state index in [-0.39, 0.29) is 11.4 Å². The molecular formula is C20H22FN7O. The Morgan fingerprint density at radius 2 is 1.97 bits per heavy atom. The molecule has 3 aromatic heterocycles. The number of hydrogen-bond donors (Lipinski definition) is 2. The highest BCUT2D eigenvalue weighted by atomic mass is 19.1. The average molecular weight is 395 g/mol. The van der Waals surface area contributed by atoms with E-state index >= 15 is 0 Å². The van der Waals surface area contributed by atoms with Crippen molar-refractivity contribution >= 4 is 10.9 Å². The Morgan fingerprint density at radius 3 is 2.59 bits per heavy atom. The van der Waals surface area contributed by atoms with E-state index in [0.717, 1.165) is 0 Å². The van der Waals surface area contributed by atoms with Gasteiger partial charge in [0.2, 0.25) is 0 Å². The van der Waals surface area contributed by atoms with Crippen molar-refractivity contribution in [3.63, 3.8) is 0 Å². The van der Waals surface area contributed by atoms with E-state index in [9.17, 15) is 9.18 Å². The van der Waals surface area contributed by atoms with Crippen LogP contribution in [0.15, 0.2) is 35.3 Å². The van der Waals surface area contributed by atoms with Crippen LogP contribution < -0.4 is 5.56 Å². The van der Waals surface area contributed by atoms with E-state index in [1.165, 1.54) is 12.3 Å². The molecule has 0 bridgehead atoms. The molecule has 0 spiro atoms. The summed E-state index contributed by atoms with van der Waals surface area (Å²) < 4.78 is 16.3. The maximum atomic E-state index is 14.6. The minimum Gasteiger partial charge on any atom is -0.322 e. The molecule has 0 aliphatic rings. The Morgan fingerprint density at radius 1 is 1.17 bits per heavy atom. The van der Waals surface area contributed by atoms with Crippen LogP contribution in [0.25, 0.3) is 22.2 Å². The number of hydrogen-bond acceptors (Lipinski definition) is 5. The van der Waals surface area contributed by atoms with E-state index in [1.807, 2.05) is 26.8 Å². The number of aromatic nitrogens is 7. The molecule has 0 aliphatic carbocycles. The number of aryl methyl sites for hydroxylation is 1. The number of halogens is 1. The third-order valence-electron chi connectivity index (χ3n) is 5.73. The molecule has 0 saturated heterocycles. The van der Waals surface area contributed by atoms with Crippen molar-refractivity contribution in [1.29, 1.82) is 0 Å². The molecule has 0 aliphatic heterocycles. The summed E-state index contributed by atoms with van der Waals surface area (Å²) in [7, 11) is 0. The summed E-state index contributed by atoms with van der Waals surface area (Å²) in [5.41, 5.74) is 1.49. The number of fused-ring (bicyclic) bond motifs is 1. The lowest BCUT2D eigenvalue weighted by molar-refractivity contribution is 0.445. The second-order valence-electron chi connectivity index (χ2n) is 6.99. The fraction of sp³-hybridized carbons (Fsp3) is 0.350. The first-order chi connectivity index (χ1) is 14.0. The summed E-state index contributed by atoms with van der Waals surface area (Å²) in [5, 5.41) is 19.0. The van der Waals surface area contributed by atoms with Crippen LogP contribution in [-0.4, -0.2) is 35.4 Å². The number of tetrazole rings is 1. The Bertz CT molecular complexity index is 1210. The summed E-state index contributed by atoms with van der Waals surface area (Å²) in [4.78, 5) is 16.0. The number of rotatable bonds is 6. The largest absolute Gasteiger partial charge is 0.322 e. The molecular weight excluding hydrogens is 373 g/mol. The number of nitrogens with zero attached hydrogens (tertiary/aromatic N) is 5. The maximum Gasteiger partial charge on any atom is 0.252 e. The lowest BCUT2D eigenvalue weighted by Crippen LogP contribution is -2.34. The molecule has 150 valence electrons. The predicted molar refractivity (Wildman–Crippen MR) is 107 cm³/mol. The summed E-state index contributed by atoms with van der Waals surface area (Å²) in [6.07, 6.45) is 2.80. The third kappa shape index (κ3) is 2.93. The van der Waals surface area contributed by atoms with Gasteiger partial charge in [-0.25, -0.2) is 4.39 Å². The quantitative estimate of drug-likeness (QED) is 0.522. The van der Waals surface area contributed by atoms with E-state index in [1.54, 1.807) is 16.8 Å². The van der Waals surface area contributed by atoms with E-state index in [4.69, 9.17) is 0 Å². The van der Waals surface area contributed by atoms with Crippen LogP contribution in [0.3, 0.4) is 0 Å². The van der Waals surface area contributed by atoms with Gasteiger partial charge >= 0.3 is 0 Å². The Kier molecular flexibility index (Phi) is 4.73. The lowest BCUT2D eigenvalue weighted by Gasteiger charge is -2.27. The zero-order valence-corrected chi connectivity index (χ0v) is 16.5. The number of benzene rings is 1. The van der Waals surface area contributed by atoms with Gasteiger partial charge in [0, 0.05) is 23.4 Å². The van der Waals surface area contributed by atoms with Gasteiger partial charge in [-0.1, -0.05) is 25.1 Å². The van der Waals surface area contributed by atoms with Gasteiger partial charge in [-0.2, -0.15) is 10.3 Å². The van der Waals surface area contributed by atoms with E-state index in [0.29, 0.717) is 52.9 Å². The Labute approximate surface area is 166 Å². The summed E-state index contributed by atoms with van der Waals surface area (Å²) in [6, 6.07) is 6.83. The van der Waals surface area contributed by atoms with Crippen LogP contribution in [0.2, 0.25) is 0 Å². The number of aromatic amines is 2. The smallest absolute Gasteiger partial charge is 0.252 e. The zero-order chi connectivity index (χ0) is 20.6. The van der Waals surface area contributed by atoms with Gasteiger partial charge in [-0.3, -0.25) is 9.48 Å². The van der Waals surface area contributed by atoms with Crippen molar-refractivity contribution in [2.24, 2.45) is 0 Å². The second kappa shape index (κ2) is 7.23. The van der Waals surface area contributed by atoms with Gasteiger partial charge in [0.25, 0.3) is 5.56 Å². The van der Waals surface area contributed by atoms with Crippen molar-refractivity contribution in [2.75, 3.05) is 0 Å². The van der Waals surface area contributed by atoms with Crippen molar-refractivity contribution in [2.45, 2.75) is 45.6 Å². The molecule has 4 aromatic rings. The fourth-order valence-electron chi connectivity index (χ4n) is 3.99. The molecule has 8 nitrogen and oxygen atoms in total. The molecule has 4 rings (SSSR count). The van der Waals surface area contributed by atoms with Gasteiger partial charge in [-0.15, -0.1) is 10.2 Å². The minimum absolute atomic E-state index is 0.250. The molecule has 0 amide bonds. The van der Waals surface area contributed by atoms with E-state index in [2.05, 4.69) is 30.7 Å². The first kappa shape index (κ1) is 19.0.